The van der Waals surface area contributed by atoms with Gasteiger partial charge >= 0.3 is 0 Å². The van der Waals surface area contributed by atoms with Gasteiger partial charge in [-0.1, -0.05) is 44.2 Å². The van der Waals surface area contributed by atoms with E-state index in [4.69, 9.17) is 4.74 Å². The van der Waals surface area contributed by atoms with E-state index in [1.54, 1.807) is 0 Å². The summed E-state index contributed by atoms with van der Waals surface area (Å²) in [7, 11) is 0. The fraction of sp³-hybridized carbons (Fsp3) is 0.500. The van der Waals surface area contributed by atoms with Crippen LogP contribution < -0.4 is 0 Å². The summed E-state index contributed by atoms with van der Waals surface area (Å²) in [5, 5.41) is 0. The Balaban J connectivity index is 2.15. The van der Waals surface area contributed by atoms with Gasteiger partial charge in [0, 0.05) is 0 Å². The van der Waals surface area contributed by atoms with Crippen molar-refractivity contribution in [2.75, 3.05) is 0 Å². The molecule has 1 aliphatic heterocycles. The molecule has 0 aliphatic carbocycles. The van der Waals surface area contributed by atoms with Gasteiger partial charge in [0.15, 0.2) is 0 Å². The highest BCUT2D eigenvalue weighted by molar-refractivity contribution is 5.25. The van der Waals surface area contributed by atoms with Crippen LogP contribution in [0.3, 0.4) is 0 Å². The van der Waals surface area contributed by atoms with Crippen LogP contribution >= 0.6 is 0 Å². The van der Waals surface area contributed by atoms with E-state index >= 15 is 0 Å². The molecule has 1 saturated heterocycles. The molecule has 0 amide bonds. The Labute approximate surface area is 79.7 Å². The van der Waals surface area contributed by atoms with Crippen LogP contribution in [0.1, 0.15) is 38.4 Å². The van der Waals surface area contributed by atoms with Crippen LogP contribution in [0.15, 0.2) is 30.3 Å². The van der Waals surface area contributed by atoms with Crippen molar-refractivity contribution in [3.8, 4) is 0 Å². The van der Waals surface area contributed by atoms with Gasteiger partial charge in [-0.3, -0.25) is 0 Å². The Kier molecular flexibility index (Phi) is 2.12. The van der Waals surface area contributed by atoms with Crippen molar-refractivity contribution >= 4 is 0 Å². The molecule has 1 nitrogen and oxygen atoms in total. The summed E-state index contributed by atoms with van der Waals surface area (Å²) >= 11 is 0. The summed E-state index contributed by atoms with van der Waals surface area (Å²) in [6.07, 6.45) is 2.58. The SMILES string of the molecule is CCC1(CC)OC1c1ccccc1. The highest BCUT2D eigenvalue weighted by Crippen LogP contribution is 2.53. The zero-order valence-corrected chi connectivity index (χ0v) is 8.29. The van der Waals surface area contributed by atoms with Gasteiger partial charge < -0.3 is 4.74 Å². The summed E-state index contributed by atoms with van der Waals surface area (Å²) < 4.78 is 5.79. The molecule has 1 heterocycles. The van der Waals surface area contributed by atoms with Gasteiger partial charge in [0.2, 0.25) is 0 Å². The Hall–Kier alpha value is -0.820. The summed E-state index contributed by atoms with van der Waals surface area (Å²) in [5.74, 6) is 0. The lowest BCUT2D eigenvalue weighted by Crippen LogP contribution is -2.08. The van der Waals surface area contributed by atoms with Gasteiger partial charge in [-0.25, -0.2) is 0 Å². The van der Waals surface area contributed by atoms with E-state index in [0.717, 1.165) is 12.8 Å². The highest BCUT2D eigenvalue weighted by Gasteiger charge is 2.53. The van der Waals surface area contributed by atoms with Crippen molar-refractivity contribution < 1.29 is 4.74 Å². The van der Waals surface area contributed by atoms with Crippen molar-refractivity contribution in [1.82, 2.24) is 0 Å². The van der Waals surface area contributed by atoms with Crippen molar-refractivity contribution in [2.45, 2.75) is 38.4 Å². The number of epoxide rings is 1. The van der Waals surface area contributed by atoms with Crippen molar-refractivity contribution in [1.29, 1.82) is 0 Å². The lowest BCUT2D eigenvalue weighted by atomic mass is 9.95. The minimum atomic E-state index is 0.154. The number of hydrogen-bond donors (Lipinski definition) is 0. The average Bonchev–Trinajstić information content (AvgIpc) is 2.95. The minimum Gasteiger partial charge on any atom is -0.361 e. The molecular weight excluding hydrogens is 160 g/mol. The average molecular weight is 176 g/mol. The zero-order valence-electron chi connectivity index (χ0n) is 8.29. The predicted octanol–water partition coefficient (Wildman–Crippen LogP) is 3.32. The predicted molar refractivity (Wildman–Crippen MR) is 53.6 cm³/mol. The molecule has 13 heavy (non-hydrogen) atoms. The quantitative estimate of drug-likeness (QED) is 0.644. The molecule has 0 spiro atoms. The molecule has 2 rings (SSSR count). The third-order valence-electron chi connectivity index (χ3n) is 3.07. The maximum atomic E-state index is 5.79. The first-order valence-electron chi connectivity index (χ1n) is 5.05. The topological polar surface area (TPSA) is 12.5 Å². The highest BCUT2D eigenvalue weighted by atomic mass is 16.6. The van der Waals surface area contributed by atoms with Crippen LogP contribution in [0.25, 0.3) is 0 Å². The van der Waals surface area contributed by atoms with E-state index in [2.05, 4.69) is 38.1 Å². The molecule has 1 heteroatoms. The van der Waals surface area contributed by atoms with Crippen LogP contribution in [0.2, 0.25) is 0 Å². The van der Waals surface area contributed by atoms with Crippen LogP contribution in [-0.2, 0) is 4.74 Å². The fourth-order valence-corrected chi connectivity index (χ4v) is 1.99. The maximum absolute atomic E-state index is 5.79. The maximum Gasteiger partial charge on any atom is 0.112 e. The van der Waals surface area contributed by atoms with E-state index in [-0.39, 0.29) is 5.60 Å². The van der Waals surface area contributed by atoms with E-state index in [1.165, 1.54) is 5.56 Å². The van der Waals surface area contributed by atoms with E-state index in [1.807, 2.05) is 6.07 Å². The number of benzene rings is 1. The second-order valence-electron chi connectivity index (χ2n) is 3.68. The molecule has 0 N–H and O–H groups in total. The lowest BCUT2D eigenvalue weighted by molar-refractivity contribution is 0.280. The van der Waals surface area contributed by atoms with E-state index in [0.29, 0.717) is 6.10 Å². The molecule has 1 unspecified atom stereocenters. The van der Waals surface area contributed by atoms with Crippen LogP contribution in [-0.4, -0.2) is 5.60 Å². The molecular formula is C12H16O. The number of rotatable bonds is 3. The molecule has 1 atom stereocenters. The Morgan fingerprint density at radius 1 is 1.15 bits per heavy atom. The lowest BCUT2D eigenvalue weighted by Gasteiger charge is -2.05. The second kappa shape index (κ2) is 3.15. The normalized spacial score (nSPS) is 24.3. The van der Waals surface area contributed by atoms with E-state index in [9.17, 15) is 0 Å². The van der Waals surface area contributed by atoms with Crippen LogP contribution in [0.5, 0.6) is 0 Å². The minimum absolute atomic E-state index is 0.154. The first-order valence-corrected chi connectivity index (χ1v) is 5.05. The second-order valence-corrected chi connectivity index (χ2v) is 3.68. The smallest absolute Gasteiger partial charge is 0.112 e. The van der Waals surface area contributed by atoms with E-state index < -0.39 is 0 Å². The first-order chi connectivity index (χ1) is 6.32. The van der Waals surface area contributed by atoms with Gasteiger partial charge in [0.1, 0.15) is 6.10 Å². The Bertz CT molecular complexity index is 274. The number of hydrogen-bond acceptors (Lipinski definition) is 1. The molecule has 1 aliphatic rings. The monoisotopic (exact) mass is 176 g/mol. The molecule has 0 aromatic heterocycles. The molecule has 1 aromatic carbocycles. The van der Waals surface area contributed by atoms with Crippen LogP contribution in [0.4, 0.5) is 0 Å². The van der Waals surface area contributed by atoms with Gasteiger partial charge in [-0.2, -0.15) is 0 Å². The van der Waals surface area contributed by atoms with Gasteiger partial charge in [-0.15, -0.1) is 0 Å². The van der Waals surface area contributed by atoms with Crippen molar-refractivity contribution in [2.24, 2.45) is 0 Å². The molecule has 70 valence electrons. The van der Waals surface area contributed by atoms with Crippen molar-refractivity contribution in [3.63, 3.8) is 0 Å². The number of ether oxygens (including phenoxy) is 1. The third kappa shape index (κ3) is 1.37. The summed E-state index contributed by atoms with van der Waals surface area (Å²) in [6, 6.07) is 10.5. The molecule has 1 fully saturated rings. The van der Waals surface area contributed by atoms with Gasteiger partial charge in [0.05, 0.1) is 5.60 Å². The van der Waals surface area contributed by atoms with Gasteiger partial charge in [0.25, 0.3) is 0 Å². The van der Waals surface area contributed by atoms with Crippen LogP contribution in [0, 0.1) is 0 Å². The summed E-state index contributed by atoms with van der Waals surface area (Å²) in [4.78, 5) is 0. The Morgan fingerprint density at radius 3 is 2.23 bits per heavy atom. The molecule has 0 radical (unpaired) electrons. The summed E-state index contributed by atoms with van der Waals surface area (Å²) in [5.41, 5.74) is 1.48. The standard InChI is InChI=1S/C12H16O/c1-3-12(4-2)11(13-12)10-8-6-5-7-9-10/h5-9,11H,3-4H2,1-2H3. The molecule has 0 bridgehead atoms. The largest absolute Gasteiger partial charge is 0.361 e. The zero-order chi connectivity index (χ0) is 9.31. The Morgan fingerprint density at radius 2 is 1.77 bits per heavy atom. The summed E-state index contributed by atoms with van der Waals surface area (Å²) in [6.45, 7) is 4.40. The third-order valence-corrected chi connectivity index (χ3v) is 3.07. The molecule has 1 aromatic rings. The van der Waals surface area contributed by atoms with Gasteiger partial charge in [-0.05, 0) is 18.4 Å². The van der Waals surface area contributed by atoms with Crippen molar-refractivity contribution in [3.05, 3.63) is 35.9 Å². The fourth-order valence-electron chi connectivity index (χ4n) is 1.99. The molecule has 0 saturated carbocycles. The first kappa shape index (κ1) is 8.76.